The van der Waals surface area contributed by atoms with E-state index in [-0.39, 0.29) is 16.9 Å². The summed E-state index contributed by atoms with van der Waals surface area (Å²) in [6, 6.07) is 10.7. The maximum absolute atomic E-state index is 13.8. The van der Waals surface area contributed by atoms with E-state index in [0.29, 0.717) is 16.6 Å². The molecule has 0 saturated heterocycles. The Balaban J connectivity index is 2.05. The average molecular weight is 281 g/mol. The van der Waals surface area contributed by atoms with Crippen LogP contribution in [0, 0.1) is 23.0 Å². The Bertz CT molecular complexity index is 888. The van der Waals surface area contributed by atoms with Crippen LogP contribution in [0.4, 0.5) is 8.78 Å². The lowest BCUT2D eigenvalue weighted by molar-refractivity contribution is 0.627. The number of H-pyrrole nitrogens is 1. The molecular formula is C16H9F2N3. The second kappa shape index (κ2) is 5.17. The standard InChI is InChI=1S/C16H9F2N3/c17-12-3-1-2-10(6-12)4-5-15-13-7-11(9-19)8-14(18)16(13)21-20-15/h1-8H,(H,20,21)/b5-4+. The third-order valence-corrected chi connectivity index (χ3v) is 3.06. The zero-order valence-corrected chi connectivity index (χ0v) is 10.8. The molecule has 2 aromatic carbocycles. The molecule has 3 aromatic rings. The van der Waals surface area contributed by atoms with Gasteiger partial charge in [-0.05, 0) is 35.9 Å². The minimum Gasteiger partial charge on any atom is -0.277 e. The van der Waals surface area contributed by atoms with Crippen molar-refractivity contribution in [2.45, 2.75) is 0 Å². The van der Waals surface area contributed by atoms with E-state index < -0.39 is 5.82 Å². The number of hydrogen-bond acceptors (Lipinski definition) is 2. The van der Waals surface area contributed by atoms with Gasteiger partial charge in [-0.1, -0.05) is 18.2 Å². The molecule has 3 rings (SSSR count). The molecule has 5 heteroatoms. The van der Waals surface area contributed by atoms with Crippen molar-refractivity contribution in [3.8, 4) is 6.07 Å². The summed E-state index contributed by atoms with van der Waals surface area (Å²) in [7, 11) is 0. The van der Waals surface area contributed by atoms with Crippen LogP contribution in [-0.4, -0.2) is 10.2 Å². The zero-order chi connectivity index (χ0) is 14.8. The number of nitrogens with one attached hydrogen (secondary N) is 1. The topological polar surface area (TPSA) is 52.5 Å². The van der Waals surface area contributed by atoms with Gasteiger partial charge in [0.15, 0.2) is 5.82 Å². The van der Waals surface area contributed by atoms with E-state index in [4.69, 9.17) is 5.26 Å². The zero-order valence-electron chi connectivity index (χ0n) is 10.8. The lowest BCUT2D eigenvalue weighted by Gasteiger charge is -1.95. The van der Waals surface area contributed by atoms with Crippen LogP contribution in [0.25, 0.3) is 23.1 Å². The Hall–Kier alpha value is -3.00. The molecule has 0 aliphatic rings. The number of nitrogens with zero attached hydrogens (tertiary/aromatic N) is 2. The highest BCUT2D eigenvalue weighted by molar-refractivity contribution is 5.90. The van der Waals surface area contributed by atoms with Gasteiger partial charge in [-0.25, -0.2) is 8.78 Å². The number of aromatic nitrogens is 2. The molecule has 0 aliphatic carbocycles. The van der Waals surface area contributed by atoms with Gasteiger partial charge < -0.3 is 0 Å². The largest absolute Gasteiger partial charge is 0.277 e. The van der Waals surface area contributed by atoms with E-state index in [1.54, 1.807) is 30.4 Å². The summed E-state index contributed by atoms with van der Waals surface area (Å²) in [6.45, 7) is 0. The summed E-state index contributed by atoms with van der Waals surface area (Å²) < 4.78 is 26.9. The molecular weight excluding hydrogens is 272 g/mol. The fraction of sp³-hybridized carbons (Fsp3) is 0. The van der Waals surface area contributed by atoms with Crippen molar-refractivity contribution in [3.63, 3.8) is 0 Å². The van der Waals surface area contributed by atoms with Crippen molar-refractivity contribution in [1.82, 2.24) is 10.2 Å². The number of rotatable bonds is 2. The van der Waals surface area contributed by atoms with Gasteiger partial charge in [-0.15, -0.1) is 0 Å². The minimum atomic E-state index is -0.550. The molecule has 3 nitrogen and oxygen atoms in total. The highest BCUT2D eigenvalue weighted by atomic mass is 19.1. The van der Waals surface area contributed by atoms with Crippen LogP contribution in [-0.2, 0) is 0 Å². The number of aromatic amines is 1. The smallest absolute Gasteiger partial charge is 0.152 e. The number of fused-ring (bicyclic) bond motifs is 1. The van der Waals surface area contributed by atoms with E-state index in [1.807, 2.05) is 6.07 Å². The van der Waals surface area contributed by atoms with Gasteiger partial charge in [0.2, 0.25) is 0 Å². The monoisotopic (exact) mass is 281 g/mol. The predicted octanol–water partition coefficient (Wildman–Crippen LogP) is 3.88. The predicted molar refractivity (Wildman–Crippen MR) is 76.1 cm³/mol. The van der Waals surface area contributed by atoms with Crippen molar-refractivity contribution in [2.75, 3.05) is 0 Å². The van der Waals surface area contributed by atoms with Gasteiger partial charge in [0, 0.05) is 5.39 Å². The summed E-state index contributed by atoms with van der Waals surface area (Å²) in [4.78, 5) is 0. The summed E-state index contributed by atoms with van der Waals surface area (Å²) in [5, 5.41) is 16.0. The lowest BCUT2D eigenvalue weighted by Crippen LogP contribution is -1.82. The van der Waals surface area contributed by atoms with E-state index in [1.165, 1.54) is 12.1 Å². The third kappa shape index (κ3) is 2.51. The SMILES string of the molecule is N#Cc1cc(F)c2n[nH]c(/C=C/c3cccc(F)c3)c2c1. The Morgan fingerprint density at radius 1 is 1.14 bits per heavy atom. The van der Waals surface area contributed by atoms with Gasteiger partial charge in [-0.3, -0.25) is 5.10 Å². The summed E-state index contributed by atoms with van der Waals surface area (Å²) in [5.41, 5.74) is 1.63. The van der Waals surface area contributed by atoms with E-state index >= 15 is 0 Å². The number of nitriles is 1. The molecule has 0 radical (unpaired) electrons. The van der Waals surface area contributed by atoms with Gasteiger partial charge in [0.05, 0.1) is 17.3 Å². The van der Waals surface area contributed by atoms with Gasteiger partial charge in [-0.2, -0.15) is 10.4 Å². The summed E-state index contributed by atoms with van der Waals surface area (Å²) in [5.74, 6) is -0.880. The molecule has 0 fully saturated rings. The lowest BCUT2D eigenvalue weighted by atomic mass is 10.1. The van der Waals surface area contributed by atoms with Crippen molar-refractivity contribution < 1.29 is 8.78 Å². The molecule has 0 saturated carbocycles. The Morgan fingerprint density at radius 3 is 2.76 bits per heavy atom. The van der Waals surface area contributed by atoms with Crippen molar-refractivity contribution >= 4 is 23.1 Å². The summed E-state index contributed by atoms with van der Waals surface area (Å²) in [6.07, 6.45) is 3.36. The molecule has 0 bridgehead atoms. The fourth-order valence-corrected chi connectivity index (χ4v) is 2.08. The summed E-state index contributed by atoms with van der Waals surface area (Å²) >= 11 is 0. The van der Waals surface area contributed by atoms with Gasteiger partial charge >= 0.3 is 0 Å². The Labute approximate surface area is 119 Å². The van der Waals surface area contributed by atoms with Gasteiger partial charge in [0.1, 0.15) is 11.3 Å². The maximum Gasteiger partial charge on any atom is 0.152 e. The van der Waals surface area contributed by atoms with Crippen LogP contribution in [0.2, 0.25) is 0 Å². The second-order valence-electron chi connectivity index (χ2n) is 4.49. The second-order valence-corrected chi connectivity index (χ2v) is 4.49. The molecule has 1 N–H and O–H groups in total. The van der Waals surface area contributed by atoms with Crippen molar-refractivity contribution in [1.29, 1.82) is 5.26 Å². The normalized spacial score (nSPS) is 11.1. The first kappa shape index (κ1) is 13.0. The average Bonchev–Trinajstić information content (AvgIpc) is 2.88. The van der Waals surface area contributed by atoms with Crippen molar-refractivity contribution in [3.05, 3.63) is 64.9 Å². The van der Waals surface area contributed by atoms with Crippen LogP contribution >= 0.6 is 0 Å². The molecule has 0 aliphatic heterocycles. The number of hydrogen-bond donors (Lipinski definition) is 1. The Kier molecular flexibility index (Phi) is 3.20. The van der Waals surface area contributed by atoms with Crippen molar-refractivity contribution in [2.24, 2.45) is 0 Å². The molecule has 0 spiro atoms. The highest BCUT2D eigenvalue weighted by Crippen LogP contribution is 2.22. The van der Waals surface area contributed by atoms with E-state index in [9.17, 15) is 8.78 Å². The van der Waals surface area contributed by atoms with Crippen LogP contribution in [0.3, 0.4) is 0 Å². The van der Waals surface area contributed by atoms with Gasteiger partial charge in [0.25, 0.3) is 0 Å². The van der Waals surface area contributed by atoms with E-state index in [0.717, 1.165) is 6.07 Å². The molecule has 0 unspecified atom stereocenters. The maximum atomic E-state index is 13.8. The molecule has 1 heterocycles. The fourth-order valence-electron chi connectivity index (χ4n) is 2.08. The van der Waals surface area contributed by atoms with Crippen LogP contribution in [0.5, 0.6) is 0 Å². The molecule has 21 heavy (non-hydrogen) atoms. The molecule has 1 aromatic heterocycles. The quantitative estimate of drug-likeness (QED) is 0.775. The first-order valence-electron chi connectivity index (χ1n) is 6.19. The molecule has 102 valence electrons. The number of benzene rings is 2. The number of halogens is 2. The first-order chi connectivity index (χ1) is 10.2. The van der Waals surface area contributed by atoms with Crippen LogP contribution < -0.4 is 0 Å². The Morgan fingerprint density at radius 2 is 2.00 bits per heavy atom. The molecule has 0 atom stereocenters. The minimum absolute atomic E-state index is 0.174. The highest BCUT2D eigenvalue weighted by Gasteiger charge is 2.09. The molecule has 0 amide bonds. The first-order valence-corrected chi connectivity index (χ1v) is 6.19. The van der Waals surface area contributed by atoms with E-state index in [2.05, 4.69) is 10.2 Å². The van der Waals surface area contributed by atoms with Crippen LogP contribution in [0.1, 0.15) is 16.8 Å². The van der Waals surface area contributed by atoms with Crippen LogP contribution in [0.15, 0.2) is 36.4 Å². The third-order valence-electron chi connectivity index (χ3n) is 3.06.